The number of carbonyl (C=O) groups excluding carboxylic acids is 3. The number of rotatable bonds is 5. The van der Waals surface area contributed by atoms with Gasteiger partial charge in [0.25, 0.3) is 0 Å². The van der Waals surface area contributed by atoms with Crippen LogP contribution in [0.3, 0.4) is 0 Å². The Kier molecular flexibility index (Phi) is 6.14. The molecule has 124 valence electrons. The van der Waals surface area contributed by atoms with Gasteiger partial charge in [0.1, 0.15) is 24.5 Å². The topological polar surface area (TPSA) is 81.7 Å². The summed E-state index contributed by atoms with van der Waals surface area (Å²) in [5.74, 6) is -0.311. The maximum Gasteiger partial charge on any atom is 0.408 e. The van der Waals surface area contributed by atoms with E-state index in [9.17, 15) is 14.4 Å². The molecule has 1 amide bonds. The molecule has 1 atom stereocenters. The van der Waals surface area contributed by atoms with Gasteiger partial charge in [0.15, 0.2) is 0 Å². The van der Waals surface area contributed by atoms with E-state index in [1.54, 1.807) is 6.92 Å². The molecule has 0 radical (unpaired) electrons. The molecule has 0 unspecified atom stereocenters. The molecule has 23 heavy (non-hydrogen) atoms. The largest absolute Gasteiger partial charge is 0.461 e. The summed E-state index contributed by atoms with van der Waals surface area (Å²) in [5, 5.41) is 2.45. The van der Waals surface area contributed by atoms with Gasteiger partial charge in [-0.05, 0) is 25.3 Å². The summed E-state index contributed by atoms with van der Waals surface area (Å²) < 4.78 is 10.4. The Morgan fingerprint density at radius 1 is 1.22 bits per heavy atom. The zero-order valence-corrected chi connectivity index (χ0v) is 13.1. The summed E-state index contributed by atoms with van der Waals surface area (Å²) in [4.78, 5) is 34.8. The predicted molar refractivity (Wildman–Crippen MR) is 82.6 cm³/mol. The highest BCUT2D eigenvalue weighted by Crippen LogP contribution is 2.18. The number of hydrogen-bond donors (Lipinski definition) is 1. The SMILES string of the molecule is C[C@H](NC(=O)OCc1ccccc1)C(=O)OC1CCC(=O)CC1. The highest BCUT2D eigenvalue weighted by atomic mass is 16.6. The zero-order valence-electron chi connectivity index (χ0n) is 13.1. The molecule has 0 aliphatic heterocycles. The van der Waals surface area contributed by atoms with E-state index in [1.165, 1.54) is 0 Å². The summed E-state index contributed by atoms with van der Waals surface area (Å²) in [7, 11) is 0. The smallest absolute Gasteiger partial charge is 0.408 e. The Morgan fingerprint density at radius 2 is 1.87 bits per heavy atom. The van der Waals surface area contributed by atoms with Crippen molar-refractivity contribution < 1.29 is 23.9 Å². The van der Waals surface area contributed by atoms with Crippen LogP contribution in [-0.2, 0) is 25.7 Å². The van der Waals surface area contributed by atoms with E-state index < -0.39 is 18.1 Å². The lowest BCUT2D eigenvalue weighted by Crippen LogP contribution is -2.41. The van der Waals surface area contributed by atoms with Crippen LogP contribution < -0.4 is 5.32 Å². The lowest BCUT2D eigenvalue weighted by molar-refractivity contribution is -0.153. The van der Waals surface area contributed by atoms with Crippen LogP contribution in [0.15, 0.2) is 30.3 Å². The van der Waals surface area contributed by atoms with Crippen LogP contribution in [0.4, 0.5) is 4.79 Å². The van der Waals surface area contributed by atoms with E-state index in [0.29, 0.717) is 25.7 Å². The minimum absolute atomic E-state index is 0.138. The van der Waals surface area contributed by atoms with Crippen molar-refractivity contribution in [3.05, 3.63) is 35.9 Å². The number of amides is 1. The standard InChI is InChI=1S/C17H21NO5/c1-12(16(20)23-15-9-7-14(19)8-10-15)18-17(21)22-11-13-5-3-2-4-6-13/h2-6,12,15H,7-11H2,1H3,(H,18,21)/t12-/m0/s1. The molecule has 1 saturated carbocycles. The Balaban J connectivity index is 1.70. The first-order chi connectivity index (χ1) is 11.0. The second-order valence-electron chi connectivity index (χ2n) is 5.60. The molecule has 1 aliphatic rings. The number of Topliss-reactive ketones (excluding diaryl/α,β-unsaturated/α-hetero) is 1. The van der Waals surface area contributed by atoms with Crippen molar-refractivity contribution in [3.8, 4) is 0 Å². The molecule has 6 heteroatoms. The number of ether oxygens (including phenoxy) is 2. The molecule has 2 rings (SSSR count). The minimum Gasteiger partial charge on any atom is -0.461 e. The van der Waals surface area contributed by atoms with Gasteiger partial charge in [0.2, 0.25) is 0 Å². The number of alkyl carbamates (subject to hydrolysis) is 1. The molecule has 1 aromatic carbocycles. The number of nitrogens with one attached hydrogen (secondary N) is 1. The lowest BCUT2D eigenvalue weighted by atomic mass is 9.96. The first kappa shape index (κ1) is 17.0. The maximum atomic E-state index is 11.9. The van der Waals surface area contributed by atoms with E-state index >= 15 is 0 Å². The Labute approximate surface area is 135 Å². The number of ketones is 1. The third kappa shape index (κ3) is 5.73. The van der Waals surface area contributed by atoms with Gasteiger partial charge in [-0.15, -0.1) is 0 Å². The average molecular weight is 319 g/mol. The van der Waals surface area contributed by atoms with Crippen LogP contribution in [0.1, 0.15) is 38.2 Å². The van der Waals surface area contributed by atoms with Crippen LogP contribution in [0.2, 0.25) is 0 Å². The quantitative estimate of drug-likeness (QED) is 0.843. The van der Waals surface area contributed by atoms with Gasteiger partial charge in [0.05, 0.1) is 0 Å². The number of benzene rings is 1. The molecule has 0 heterocycles. The van der Waals surface area contributed by atoms with Gasteiger partial charge in [-0.2, -0.15) is 0 Å². The third-order valence-electron chi connectivity index (χ3n) is 3.67. The van der Waals surface area contributed by atoms with Gasteiger partial charge in [-0.1, -0.05) is 30.3 Å². The second kappa shape index (κ2) is 8.31. The summed E-state index contributed by atoms with van der Waals surface area (Å²) >= 11 is 0. The van der Waals surface area contributed by atoms with Crippen LogP contribution in [-0.4, -0.2) is 30.0 Å². The normalized spacial score (nSPS) is 16.5. The number of esters is 1. The molecule has 6 nitrogen and oxygen atoms in total. The van der Waals surface area contributed by atoms with E-state index in [4.69, 9.17) is 9.47 Å². The highest BCUT2D eigenvalue weighted by molar-refractivity contribution is 5.82. The van der Waals surface area contributed by atoms with Crippen molar-refractivity contribution in [2.24, 2.45) is 0 Å². The molecule has 1 N–H and O–H groups in total. The van der Waals surface area contributed by atoms with Crippen LogP contribution in [0.5, 0.6) is 0 Å². The average Bonchev–Trinajstić information content (AvgIpc) is 2.56. The van der Waals surface area contributed by atoms with Crippen LogP contribution in [0, 0.1) is 0 Å². The molecular formula is C17H21NO5. The Hall–Kier alpha value is -2.37. The fourth-order valence-electron chi connectivity index (χ4n) is 2.30. The summed E-state index contributed by atoms with van der Waals surface area (Å²) in [6.07, 6.45) is 1.07. The number of hydrogen-bond acceptors (Lipinski definition) is 5. The van der Waals surface area contributed by atoms with Crippen molar-refractivity contribution in [3.63, 3.8) is 0 Å². The van der Waals surface area contributed by atoms with Crippen molar-refractivity contribution >= 4 is 17.8 Å². The van der Waals surface area contributed by atoms with Crippen molar-refractivity contribution in [2.75, 3.05) is 0 Å². The Morgan fingerprint density at radius 3 is 2.52 bits per heavy atom. The van der Waals surface area contributed by atoms with Gasteiger partial charge >= 0.3 is 12.1 Å². The van der Waals surface area contributed by atoms with Gasteiger partial charge in [-0.25, -0.2) is 9.59 Å². The third-order valence-corrected chi connectivity index (χ3v) is 3.67. The lowest BCUT2D eigenvalue weighted by Gasteiger charge is -2.23. The predicted octanol–water partition coefficient (Wildman–Crippen LogP) is 2.36. The fraction of sp³-hybridized carbons (Fsp3) is 0.471. The van der Waals surface area contributed by atoms with E-state index in [-0.39, 0.29) is 18.5 Å². The summed E-state index contributed by atoms with van der Waals surface area (Å²) in [5.41, 5.74) is 0.866. The monoisotopic (exact) mass is 319 g/mol. The van der Waals surface area contributed by atoms with Crippen molar-refractivity contribution in [1.82, 2.24) is 5.32 Å². The van der Waals surface area contributed by atoms with Gasteiger partial charge < -0.3 is 14.8 Å². The molecule has 1 aliphatic carbocycles. The van der Waals surface area contributed by atoms with Crippen molar-refractivity contribution in [1.29, 1.82) is 0 Å². The summed E-state index contributed by atoms with van der Waals surface area (Å²) in [6.45, 7) is 1.68. The summed E-state index contributed by atoms with van der Waals surface area (Å²) in [6, 6.07) is 8.47. The molecule has 0 bridgehead atoms. The zero-order chi connectivity index (χ0) is 16.7. The molecule has 0 spiro atoms. The molecular weight excluding hydrogens is 298 g/mol. The van der Waals surface area contributed by atoms with E-state index in [2.05, 4.69) is 5.32 Å². The fourth-order valence-corrected chi connectivity index (χ4v) is 2.30. The molecule has 1 fully saturated rings. The van der Waals surface area contributed by atoms with Gasteiger partial charge in [-0.3, -0.25) is 4.79 Å². The molecule has 0 aromatic heterocycles. The maximum absolute atomic E-state index is 11.9. The first-order valence-corrected chi connectivity index (χ1v) is 7.74. The first-order valence-electron chi connectivity index (χ1n) is 7.74. The van der Waals surface area contributed by atoms with Crippen LogP contribution >= 0.6 is 0 Å². The second-order valence-corrected chi connectivity index (χ2v) is 5.60. The number of carbonyl (C=O) groups is 3. The molecule has 0 saturated heterocycles. The molecule has 1 aromatic rings. The minimum atomic E-state index is -0.795. The van der Waals surface area contributed by atoms with E-state index in [0.717, 1.165) is 5.56 Å². The Bertz CT molecular complexity index is 547. The highest BCUT2D eigenvalue weighted by Gasteiger charge is 2.25. The van der Waals surface area contributed by atoms with E-state index in [1.807, 2.05) is 30.3 Å². The van der Waals surface area contributed by atoms with Crippen molar-refractivity contribution in [2.45, 2.75) is 51.4 Å². The van der Waals surface area contributed by atoms with Crippen LogP contribution in [0.25, 0.3) is 0 Å². The van der Waals surface area contributed by atoms with Gasteiger partial charge in [0, 0.05) is 12.8 Å².